The fourth-order valence-electron chi connectivity index (χ4n) is 5.47. The third-order valence-electron chi connectivity index (χ3n) is 7.57. The van der Waals surface area contributed by atoms with Crippen molar-refractivity contribution >= 4 is 46.0 Å². The Morgan fingerprint density at radius 3 is 2.69 bits per heavy atom. The van der Waals surface area contributed by atoms with Crippen LogP contribution >= 0.6 is 11.8 Å². The third-order valence-corrected chi connectivity index (χ3v) is 8.52. The Morgan fingerprint density at radius 1 is 1.29 bits per heavy atom. The molecule has 12 heteroatoms. The van der Waals surface area contributed by atoms with E-state index in [4.69, 9.17) is 14.6 Å². The predicted octanol–water partition coefficient (Wildman–Crippen LogP) is 4.10. The number of nitriles is 1. The highest BCUT2D eigenvalue weighted by Crippen LogP contribution is 2.37. The summed E-state index contributed by atoms with van der Waals surface area (Å²) in [5.41, 5.74) is 0.817. The maximum atomic E-state index is 13.1. The van der Waals surface area contributed by atoms with Crippen molar-refractivity contribution in [3.8, 4) is 6.07 Å². The summed E-state index contributed by atoms with van der Waals surface area (Å²) in [5, 5.41) is 18.2. The number of rotatable bonds is 6. The van der Waals surface area contributed by atoms with Crippen LogP contribution in [0.4, 0.5) is 11.5 Å². The molecular weight excluding hydrogens is 556 g/mol. The van der Waals surface area contributed by atoms with Gasteiger partial charge in [0, 0.05) is 42.0 Å². The highest BCUT2D eigenvalue weighted by atomic mass is 32.2. The van der Waals surface area contributed by atoms with Gasteiger partial charge < -0.3 is 24.7 Å². The standard InChI is InChI=1S/C30H36N6O5S/c1-19-17-20(5-6-21(19)27(38)35-13-15-42-16-14-35)33-25-24-22(8-12-32-26(24)37)36(34-25)30(10-11-31)9-7-23(40-18-30)28(39)41-29(2,3)4/h5-6,8,12,17,23H,7,9-10,13-16,18H2,1-4H3,(H,32,37)(H,33,34)/t23-,30-/m0/s1. The number of aryl methyl sites for hydroxylation is 1. The lowest BCUT2D eigenvalue weighted by Crippen LogP contribution is -2.47. The number of esters is 1. The number of thioether (sulfide) groups is 1. The van der Waals surface area contributed by atoms with Crippen molar-refractivity contribution in [2.75, 3.05) is 36.5 Å². The molecule has 2 N–H and O–H groups in total. The number of aromatic amines is 1. The van der Waals surface area contributed by atoms with Crippen LogP contribution < -0.4 is 10.9 Å². The Kier molecular flexibility index (Phi) is 8.35. The summed E-state index contributed by atoms with van der Waals surface area (Å²) in [6.07, 6.45) is 1.64. The summed E-state index contributed by atoms with van der Waals surface area (Å²) in [7, 11) is 0. The normalized spacial score (nSPS) is 21.1. The number of amides is 1. The molecule has 4 heterocycles. The average Bonchev–Trinajstić information content (AvgIpc) is 3.33. The van der Waals surface area contributed by atoms with Gasteiger partial charge in [-0.2, -0.15) is 22.1 Å². The SMILES string of the molecule is Cc1cc(Nc2nn([C@]3(CC#N)CC[C@@H](C(=O)OC(C)(C)C)OC3)c3cc[nH]c(=O)c23)ccc1C(=O)N1CCSCC1. The van der Waals surface area contributed by atoms with E-state index in [1.165, 1.54) is 0 Å². The van der Waals surface area contributed by atoms with Crippen molar-refractivity contribution < 1.29 is 19.1 Å². The lowest BCUT2D eigenvalue weighted by Gasteiger charge is -2.39. The van der Waals surface area contributed by atoms with Crippen molar-refractivity contribution in [3.05, 3.63) is 51.9 Å². The summed E-state index contributed by atoms with van der Waals surface area (Å²) in [6.45, 7) is 8.83. The largest absolute Gasteiger partial charge is 0.458 e. The Hall–Kier alpha value is -3.82. The highest BCUT2D eigenvalue weighted by molar-refractivity contribution is 7.99. The first-order chi connectivity index (χ1) is 20.0. The van der Waals surface area contributed by atoms with Crippen LogP contribution in [-0.4, -0.2) is 74.4 Å². The molecule has 0 bridgehead atoms. The minimum atomic E-state index is -0.891. The van der Waals surface area contributed by atoms with Gasteiger partial charge >= 0.3 is 5.97 Å². The van der Waals surface area contributed by atoms with Crippen molar-refractivity contribution in [1.82, 2.24) is 19.7 Å². The molecule has 3 aromatic rings. The van der Waals surface area contributed by atoms with Gasteiger partial charge in [-0.3, -0.25) is 14.3 Å². The smallest absolute Gasteiger partial charge is 0.335 e. The highest BCUT2D eigenvalue weighted by Gasteiger charge is 2.43. The van der Waals surface area contributed by atoms with Gasteiger partial charge in [0.05, 0.1) is 30.2 Å². The number of hydrogen-bond donors (Lipinski definition) is 2. The summed E-state index contributed by atoms with van der Waals surface area (Å²) in [4.78, 5) is 43.4. The second kappa shape index (κ2) is 11.8. The molecule has 2 saturated heterocycles. The number of benzene rings is 1. The van der Waals surface area contributed by atoms with E-state index in [0.29, 0.717) is 40.8 Å². The van der Waals surface area contributed by atoms with Crippen LogP contribution in [0.5, 0.6) is 0 Å². The van der Waals surface area contributed by atoms with Crippen LogP contribution in [-0.2, 0) is 19.8 Å². The number of nitrogens with one attached hydrogen (secondary N) is 2. The average molecular weight is 593 g/mol. The van der Waals surface area contributed by atoms with Gasteiger partial charge in [0.25, 0.3) is 11.5 Å². The molecule has 222 valence electrons. The number of aromatic nitrogens is 3. The van der Waals surface area contributed by atoms with Crippen LogP contribution in [0.3, 0.4) is 0 Å². The molecule has 11 nitrogen and oxygen atoms in total. The van der Waals surface area contributed by atoms with Crippen molar-refractivity contribution in [1.29, 1.82) is 5.26 Å². The number of carbonyl (C=O) groups is 2. The predicted molar refractivity (Wildman–Crippen MR) is 161 cm³/mol. The lowest BCUT2D eigenvalue weighted by atomic mass is 9.87. The monoisotopic (exact) mass is 592 g/mol. The van der Waals surface area contributed by atoms with Crippen LogP contribution in [0.25, 0.3) is 10.9 Å². The van der Waals surface area contributed by atoms with Gasteiger partial charge in [-0.1, -0.05) is 0 Å². The van der Waals surface area contributed by atoms with Crippen molar-refractivity contribution in [2.45, 2.75) is 64.2 Å². The molecule has 2 atom stereocenters. The number of hydrogen-bond acceptors (Lipinski definition) is 9. The van der Waals surface area contributed by atoms with E-state index in [1.807, 2.05) is 29.7 Å². The first kappa shape index (κ1) is 29.7. The fourth-order valence-corrected chi connectivity index (χ4v) is 6.38. The zero-order valence-corrected chi connectivity index (χ0v) is 25.2. The topological polar surface area (TPSA) is 142 Å². The van der Waals surface area contributed by atoms with Crippen LogP contribution in [0, 0.1) is 18.3 Å². The van der Waals surface area contributed by atoms with E-state index in [0.717, 1.165) is 30.2 Å². The van der Waals surface area contributed by atoms with E-state index in [1.54, 1.807) is 49.8 Å². The number of anilines is 2. The Morgan fingerprint density at radius 2 is 2.05 bits per heavy atom. The number of fused-ring (bicyclic) bond motifs is 1. The number of carbonyl (C=O) groups excluding carboxylic acids is 2. The second-order valence-corrected chi connectivity index (χ2v) is 13.0. The molecule has 0 spiro atoms. The molecule has 2 aliphatic heterocycles. The lowest BCUT2D eigenvalue weighted by molar-refractivity contribution is -0.176. The molecule has 2 aliphatic rings. The van der Waals surface area contributed by atoms with Crippen LogP contribution in [0.1, 0.15) is 56.0 Å². The van der Waals surface area contributed by atoms with Gasteiger partial charge in [-0.25, -0.2) is 4.79 Å². The molecule has 0 unspecified atom stereocenters. The molecule has 1 aromatic carbocycles. The molecular formula is C30H36N6O5S. The fraction of sp³-hybridized carbons (Fsp3) is 0.500. The van der Waals surface area contributed by atoms with Crippen LogP contribution in [0.15, 0.2) is 35.3 Å². The summed E-state index contributed by atoms with van der Waals surface area (Å²) < 4.78 is 13.2. The van der Waals surface area contributed by atoms with Gasteiger partial charge in [0.15, 0.2) is 11.9 Å². The van der Waals surface area contributed by atoms with Gasteiger partial charge in [-0.15, -0.1) is 0 Å². The van der Waals surface area contributed by atoms with E-state index >= 15 is 0 Å². The number of H-pyrrole nitrogens is 1. The third kappa shape index (κ3) is 6.03. The zero-order valence-electron chi connectivity index (χ0n) is 24.4. The van der Waals surface area contributed by atoms with Crippen LogP contribution in [0.2, 0.25) is 0 Å². The maximum absolute atomic E-state index is 13.1. The Labute approximate surface area is 248 Å². The van der Waals surface area contributed by atoms with Gasteiger partial charge in [0.2, 0.25) is 0 Å². The quantitative estimate of drug-likeness (QED) is 0.405. The second-order valence-electron chi connectivity index (χ2n) is 11.8. The molecule has 2 fully saturated rings. The van der Waals surface area contributed by atoms with E-state index in [2.05, 4.69) is 16.4 Å². The van der Waals surface area contributed by atoms with Gasteiger partial charge in [-0.05, 0) is 70.4 Å². The number of nitrogens with zero attached hydrogens (tertiary/aromatic N) is 4. The minimum absolute atomic E-state index is 0.0194. The summed E-state index contributed by atoms with van der Waals surface area (Å²) in [5.74, 6) is 1.79. The van der Waals surface area contributed by atoms with Crippen molar-refractivity contribution in [3.63, 3.8) is 0 Å². The number of pyridine rings is 1. The molecule has 2 aromatic heterocycles. The number of ether oxygens (including phenoxy) is 2. The summed E-state index contributed by atoms with van der Waals surface area (Å²) >= 11 is 1.85. The first-order valence-corrected chi connectivity index (χ1v) is 15.2. The van der Waals surface area contributed by atoms with E-state index < -0.39 is 23.2 Å². The van der Waals surface area contributed by atoms with E-state index in [-0.39, 0.29) is 24.5 Å². The molecule has 1 amide bonds. The molecule has 42 heavy (non-hydrogen) atoms. The molecule has 5 rings (SSSR count). The maximum Gasteiger partial charge on any atom is 0.335 e. The summed E-state index contributed by atoms with van der Waals surface area (Å²) in [6, 6.07) is 9.47. The Balaban J connectivity index is 1.44. The van der Waals surface area contributed by atoms with E-state index in [9.17, 15) is 19.6 Å². The molecule has 0 aliphatic carbocycles. The first-order valence-electron chi connectivity index (χ1n) is 14.1. The minimum Gasteiger partial charge on any atom is -0.458 e. The van der Waals surface area contributed by atoms with Crippen molar-refractivity contribution in [2.24, 2.45) is 0 Å². The molecule has 0 saturated carbocycles. The van der Waals surface area contributed by atoms with Gasteiger partial charge in [0.1, 0.15) is 11.0 Å². The Bertz CT molecular complexity index is 1590. The zero-order chi connectivity index (χ0) is 30.1. The molecule has 0 radical (unpaired) electrons.